The first kappa shape index (κ1) is 15.5. The van der Waals surface area contributed by atoms with Crippen LogP contribution in [-0.2, 0) is 15.8 Å². The summed E-state index contributed by atoms with van der Waals surface area (Å²) in [6.45, 7) is 0. The number of ketones is 1. The summed E-state index contributed by atoms with van der Waals surface area (Å²) in [6.07, 6.45) is 5.35. The first-order valence-corrected chi connectivity index (χ1v) is 8.00. The zero-order valence-electron chi connectivity index (χ0n) is 11.1. The van der Waals surface area contributed by atoms with Gasteiger partial charge in [-0.1, -0.05) is 18.2 Å². The van der Waals surface area contributed by atoms with E-state index in [1.807, 2.05) is 0 Å². The van der Waals surface area contributed by atoms with Crippen molar-refractivity contribution in [2.45, 2.75) is 12.8 Å². The number of rotatable bonds is 5. The van der Waals surface area contributed by atoms with Gasteiger partial charge in [0.05, 0.1) is 5.92 Å². The van der Waals surface area contributed by atoms with Gasteiger partial charge in [0.25, 0.3) is 0 Å². The van der Waals surface area contributed by atoms with Gasteiger partial charge in [-0.3, -0.25) is 9.88 Å². The summed E-state index contributed by atoms with van der Waals surface area (Å²) in [5.41, 5.74) is 1.17. The third-order valence-corrected chi connectivity index (χ3v) is 3.74. The lowest BCUT2D eigenvalue weighted by Gasteiger charge is -2.22. The number of hydrogen-bond acceptors (Lipinski definition) is 3. The minimum Gasteiger partial charge on any atom is -0.508 e. The molecule has 0 saturated heterocycles. The molecule has 0 heterocycles. The van der Waals surface area contributed by atoms with Crippen LogP contribution in [0.3, 0.4) is 0 Å². The predicted molar refractivity (Wildman–Crippen MR) is 77.3 cm³/mol. The summed E-state index contributed by atoms with van der Waals surface area (Å²) >= 11 is 0. The van der Waals surface area contributed by atoms with E-state index < -0.39 is 13.7 Å². The van der Waals surface area contributed by atoms with Crippen LogP contribution in [0.1, 0.15) is 12.0 Å². The van der Waals surface area contributed by atoms with Gasteiger partial charge in [0.1, 0.15) is 5.75 Å². The molecule has 4 N–H and O–H groups in total. The Balaban J connectivity index is 2.07. The van der Waals surface area contributed by atoms with Crippen LogP contribution >= 0.6 is 7.75 Å². The van der Waals surface area contributed by atoms with Crippen molar-refractivity contribution in [1.82, 2.24) is 5.09 Å². The van der Waals surface area contributed by atoms with Crippen molar-refractivity contribution in [3.8, 4) is 5.75 Å². The molecule has 1 unspecified atom stereocenters. The van der Waals surface area contributed by atoms with E-state index in [-0.39, 0.29) is 17.2 Å². The molecule has 1 aromatic carbocycles. The highest BCUT2D eigenvalue weighted by atomic mass is 31.2. The largest absolute Gasteiger partial charge is 0.508 e. The van der Waals surface area contributed by atoms with E-state index in [9.17, 15) is 14.5 Å². The van der Waals surface area contributed by atoms with Gasteiger partial charge in [0.2, 0.25) is 0 Å². The van der Waals surface area contributed by atoms with E-state index in [0.717, 1.165) is 5.56 Å². The lowest BCUT2D eigenvalue weighted by Crippen LogP contribution is -2.26. The van der Waals surface area contributed by atoms with Gasteiger partial charge in [-0.15, -0.1) is 0 Å². The molecule has 0 radical (unpaired) electrons. The minimum atomic E-state index is -4.44. The molecule has 0 saturated carbocycles. The first-order valence-electron chi connectivity index (χ1n) is 6.39. The lowest BCUT2D eigenvalue weighted by molar-refractivity contribution is -0.117. The maximum Gasteiger partial charge on any atom is 0.427 e. The van der Waals surface area contributed by atoms with Crippen LogP contribution in [-0.4, -0.2) is 20.7 Å². The van der Waals surface area contributed by atoms with Gasteiger partial charge in [-0.2, -0.15) is 0 Å². The average Bonchev–Trinajstić information content (AvgIpc) is 2.38. The van der Waals surface area contributed by atoms with E-state index in [0.29, 0.717) is 12.8 Å². The molecule has 1 aromatic rings. The first-order chi connectivity index (χ1) is 9.85. The zero-order chi connectivity index (χ0) is 15.5. The van der Waals surface area contributed by atoms with Crippen molar-refractivity contribution in [3.05, 3.63) is 53.8 Å². The fraction of sp³-hybridized carbons (Fsp3) is 0.214. The van der Waals surface area contributed by atoms with E-state index >= 15 is 0 Å². The number of phenols is 1. The van der Waals surface area contributed by atoms with Gasteiger partial charge in [0.15, 0.2) is 5.78 Å². The number of phenolic OH excluding ortho intramolecular Hbond substituents is 1. The molecular weight excluding hydrogens is 293 g/mol. The molecule has 2 rings (SSSR count). The fourth-order valence-corrected chi connectivity index (χ4v) is 2.75. The Hall–Kier alpha value is -1.88. The second-order valence-electron chi connectivity index (χ2n) is 4.80. The summed E-state index contributed by atoms with van der Waals surface area (Å²) in [4.78, 5) is 29.9. The Labute approximate surface area is 122 Å². The number of benzene rings is 1. The van der Waals surface area contributed by atoms with Gasteiger partial charge in [0, 0.05) is 5.70 Å². The average molecular weight is 309 g/mol. The van der Waals surface area contributed by atoms with Crippen molar-refractivity contribution < 1.29 is 24.3 Å². The molecule has 1 atom stereocenters. The Morgan fingerprint density at radius 2 is 1.86 bits per heavy atom. The highest BCUT2D eigenvalue weighted by Gasteiger charge is 2.27. The summed E-state index contributed by atoms with van der Waals surface area (Å²) < 4.78 is 11.0. The SMILES string of the molecule is O=C1C=CC=C(NP(=O)(O)O)C1CCc1ccc(O)cc1. The van der Waals surface area contributed by atoms with Crippen LogP contribution in [0.4, 0.5) is 0 Å². The third-order valence-electron chi connectivity index (χ3n) is 3.19. The number of aromatic hydroxyl groups is 1. The molecule has 0 bridgehead atoms. The molecule has 1 aliphatic rings. The number of carbonyl (C=O) groups is 1. The summed E-state index contributed by atoms with van der Waals surface area (Å²) in [7, 11) is -4.44. The molecule has 1 aliphatic carbocycles. The molecular formula is C14H16NO5P. The smallest absolute Gasteiger partial charge is 0.427 e. The quantitative estimate of drug-likeness (QED) is 0.616. The zero-order valence-corrected chi connectivity index (χ0v) is 12.0. The van der Waals surface area contributed by atoms with Gasteiger partial charge < -0.3 is 14.9 Å². The predicted octanol–water partition coefficient (Wildman–Crippen LogP) is 1.65. The summed E-state index contributed by atoms with van der Waals surface area (Å²) in [6, 6.07) is 6.61. The van der Waals surface area contributed by atoms with Crippen LogP contribution in [0.2, 0.25) is 0 Å². The van der Waals surface area contributed by atoms with E-state index in [1.165, 1.54) is 18.2 Å². The van der Waals surface area contributed by atoms with Gasteiger partial charge >= 0.3 is 7.75 Å². The van der Waals surface area contributed by atoms with Crippen LogP contribution in [0.25, 0.3) is 0 Å². The van der Waals surface area contributed by atoms with Crippen molar-refractivity contribution >= 4 is 13.5 Å². The Kier molecular flexibility index (Phi) is 4.63. The third kappa shape index (κ3) is 4.56. The molecule has 0 aromatic heterocycles. The Morgan fingerprint density at radius 1 is 1.19 bits per heavy atom. The highest BCUT2D eigenvalue weighted by Crippen LogP contribution is 2.34. The van der Waals surface area contributed by atoms with Crippen molar-refractivity contribution in [2.75, 3.05) is 0 Å². The van der Waals surface area contributed by atoms with E-state index in [2.05, 4.69) is 5.09 Å². The lowest BCUT2D eigenvalue weighted by atomic mass is 9.90. The Bertz CT molecular complexity index is 629. The molecule has 21 heavy (non-hydrogen) atoms. The van der Waals surface area contributed by atoms with E-state index in [4.69, 9.17) is 9.79 Å². The maximum atomic E-state index is 11.9. The number of nitrogens with one attached hydrogen (secondary N) is 1. The fourth-order valence-electron chi connectivity index (χ4n) is 2.19. The Morgan fingerprint density at radius 3 is 2.48 bits per heavy atom. The number of aryl methyl sites for hydroxylation is 1. The monoisotopic (exact) mass is 309 g/mol. The molecule has 7 heteroatoms. The van der Waals surface area contributed by atoms with Crippen molar-refractivity contribution in [1.29, 1.82) is 0 Å². The summed E-state index contributed by atoms with van der Waals surface area (Å²) in [5, 5.41) is 11.3. The van der Waals surface area contributed by atoms with Gasteiger partial charge in [-0.05, 0) is 42.7 Å². The number of allylic oxidation sites excluding steroid dienone is 4. The molecule has 112 valence electrons. The highest BCUT2D eigenvalue weighted by molar-refractivity contribution is 7.49. The molecule has 0 spiro atoms. The van der Waals surface area contributed by atoms with Crippen LogP contribution in [0, 0.1) is 5.92 Å². The normalized spacial score (nSPS) is 18.5. The number of hydrogen-bond donors (Lipinski definition) is 4. The molecule has 0 amide bonds. The van der Waals surface area contributed by atoms with Crippen molar-refractivity contribution in [2.24, 2.45) is 5.92 Å². The van der Waals surface area contributed by atoms with Gasteiger partial charge in [-0.25, -0.2) is 4.57 Å². The molecule has 0 fully saturated rings. The number of carbonyl (C=O) groups excluding carboxylic acids is 1. The maximum absolute atomic E-state index is 11.9. The summed E-state index contributed by atoms with van der Waals surface area (Å²) in [5.74, 6) is -0.622. The van der Waals surface area contributed by atoms with Crippen LogP contribution in [0.15, 0.2) is 48.2 Å². The topological polar surface area (TPSA) is 107 Å². The van der Waals surface area contributed by atoms with Crippen molar-refractivity contribution in [3.63, 3.8) is 0 Å². The second-order valence-corrected chi connectivity index (χ2v) is 6.11. The van der Waals surface area contributed by atoms with E-state index in [1.54, 1.807) is 24.3 Å². The standard InChI is InChI=1S/C14H16NO5P/c16-11-7-4-10(5-8-11)6-9-12-13(15-21(18,19)20)2-1-3-14(12)17/h1-5,7-8,12,16H,6,9H2,(H3,15,18,19,20). The molecule has 0 aliphatic heterocycles. The van der Waals surface area contributed by atoms with Crippen LogP contribution in [0.5, 0.6) is 5.75 Å². The minimum absolute atomic E-state index is 0.166. The molecule has 6 nitrogen and oxygen atoms in total. The van der Waals surface area contributed by atoms with Crippen LogP contribution < -0.4 is 5.09 Å². The second kappa shape index (κ2) is 6.26.